The van der Waals surface area contributed by atoms with Gasteiger partial charge in [0.2, 0.25) is 0 Å². The Kier molecular flexibility index (Phi) is 8.45. The summed E-state index contributed by atoms with van der Waals surface area (Å²) in [6.07, 6.45) is 2.03. The highest BCUT2D eigenvalue weighted by molar-refractivity contribution is 5.95. The van der Waals surface area contributed by atoms with E-state index in [1.165, 1.54) is 0 Å². The van der Waals surface area contributed by atoms with Gasteiger partial charge in [0.05, 0.1) is 13.2 Å². The lowest BCUT2D eigenvalue weighted by Gasteiger charge is -2.20. The minimum absolute atomic E-state index is 0.174. The number of hydrogen-bond acceptors (Lipinski definition) is 6. The first kappa shape index (κ1) is 18.6. The van der Waals surface area contributed by atoms with E-state index in [0.717, 1.165) is 18.4 Å². The van der Waals surface area contributed by atoms with Crippen LogP contribution in [0.25, 0.3) is 0 Å². The van der Waals surface area contributed by atoms with Crippen molar-refractivity contribution >= 4 is 11.8 Å². The van der Waals surface area contributed by atoms with Gasteiger partial charge in [-0.15, -0.1) is 0 Å². The number of carbonyl (C=O) groups is 2. The summed E-state index contributed by atoms with van der Waals surface area (Å²) < 4.78 is 10.7. The number of hydrogen-bond donors (Lipinski definition) is 0. The van der Waals surface area contributed by atoms with E-state index in [-0.39, 0.29) is 24.7 Å². The molecule has 0 amide bonds. The Balaban J connectivity index is 1.48. The van der Waals surface area contributed by atoms with Gasteiger partial charge in [0.25, 0.3) is 0 Å². The Hall–Kier alpha value is -1.76. The van der Waals surface area contributed by atoms with Crippen LogP contribution in [0, 0.1) is 0 Å². The first-order valence-corrected chi connectivity index (χ1v) is 8.31. The summed E-state index contributed by atoms with van der Waals surface area (Å²) in [6, 6.07) is 9.83. The van der Waals surface area contributed by atoms with Gasteiger partial charge in [-0.3, -0.25) is 9.68 Å². The molecule has 1 saturated heterocycles. The molecule has 6 heteroatoms. The minimum Gasteiger partial charge on any atom is -0.379 e. The first-order valence-electron chi connectivity index (χ1n) is 8.31. The Labute approximate surface area is 142 Å². The van der Waals surface area contributed by atoms with Crippen molar-refractivity contribution in [3.63, 3.8) is 0 Å². The number of ether oxygens (including phenoxy) is 2. The summed E-state index contributed by atoms with van der Waals surface area (Å²) in [5, 5.41) is 0. The molecule has 1 aliphatic heterocycles. The quantitative estimate of drug-likeness (QED) is 0.283. The summed E-state index contributed by atoms with van der Waals surface area (Å²) in [5.74, 6) is -0.831. The van der Waals surface area contributed by atoms with Crippen molar-refractivity contribution in [1.82, 2.24) is 0 Å². The normalized spacial score (nSPS) is 17.4. The van der Waals surface area contributed by atoms with Crippen molar-refractivity contribution in [2.45, 2.75) is 44.8 Å². The van der Waals surface area contributed by atoms with Crippen LogP contribution in [0.15, 0.2) is 30.3 Å². The largest absolute Gasteiger partial charge is 0.379 e. The number of rotatable bonds is 10. The second-order valence-corrected chi connectivity index (χ2v) is 5.75. The molecule has 0 spiro atoms. The first-order chi connectivity index (χ1) is 11.7. The lowest BCUT2D eigenvalue weighted by molar-refractivity contribution is -0.309. The van der Waals surface area contributed by atoms with Gasteiger partial charge in [-0.05, 0) is 24.8 Å². The summed E-state index contributed by atoms with van der Waals surface area (Å²) in [4.78, 5) is 32.9. The fourth-order valence-electron chi connectivity index (χ4n) is 2.32. The molecule has 1 unspecified atom stereocenters. The van der Waals surface area contributed by atoms with Crippen molar-refractivity contribution < 1.29 is 28.8 Å². The van der Waals surface area contributed by atoms with Gasteiger partial charge >= 0.3 is 5.97 Å². The van der Waals surface area contributed by atoms with Crippen molar-refractivity contribution in [3.8, 4) is 0 Å². The lowest BCUT2D eigenvalue weighted by Crippen LogP contribution is -2.27. The van der Waals surface area contributed by atoms with Gasteiger partial charge < -0.3 is 9.47 Å². The molecule has 1 aromatic carbocycles. The third kappa shape index (κ3) is 7.68. The molecule has 1 atom stereocenters. The molecule has 132 valence electrons. The highest BCUT2D eigenvalue weighted by Crippen LogP contribution is 2.10. The van der Waals surface area contributed by atoms with Crippen LogP contribution in [0.2, 0.25) is 0 Å². The van der Waals surface area contributed by atoms with E-state index >= 15 is 0 Å². The van der Waals surface area contributed by atoms with Gasteiger partial charge in [0.1, 0.15) is 18.3 Å². The molecular formula is C18H24O6. The molecule has 0 saturated carbocycles. The molecule has 2 rings (SSSR count). The van der Waals surface area contributed by atoms with E-state index in [9.17, 15) is 9.59 Å². The zero-order valence-corrected chi connectivity index (χ0v) is 13.8. The highest BCUT2D eigenvalue weighted by Gasteiger charge is 2.18. The van der Waals surface area contributed by atoms with Gasteiger partial charge in [-0.25, -0.2) is 4.79 Å². The van der Waals surface area contributed by atoms with Gasteiger partial charge in [-0.1, -0.05) is 30.3 Å². The molecule has 1 fully saturated rings. The fourth-order valence-corrected chi connectivity index (χ4v) is 2.32. The van der Waals surface area contributed by atoms with Crippen LogP contribution in [-0.4, -0.2) is 37.7 Å². The minimum atomic E-state index is -0.657. The number of ketones is 1. The smallest absolute Gasteiger partial charge is 0.349 e. The van der Waals surface area contributed by atoms with Crippen LogP contribution in [-0.2, 0) is 35.4 Å². The maximum absolute atomic E-state index is 11.7. The molecule has 0 N–H and O–H groups in total. The molecule has 0 bridgehead atoms. The van der Waals surface area contributed by atoms with Crippen molar-refractivity contribution in [1.29, 1.82) is 0 Å². The van der Waals surface area contributed by atoms with E-state index in [1.807, 2.05) is 30.3 Å². The Bertz CT molecular complexity index is 495. The molecular weight excluding hydrogens is 312 g/mol. The second-order valence-electron chi connectivity index (χ2n) is 5.75. The maximum Gasteiger partial charge on any atom is 0.349 e. The summed E-state index contributed by atoms with van der Waals surface area (Å²) >= 11 is 0. The lowest BCUT2D eigenvalue weighted by atomic mass is 10.2. The molecule has 0 radical (unpaired) electrons. The molecule has 1 aromatic rings. The second kappa shape index (κ2) is 10.9. The zero-order valence-electron chi connectivity index (χ0n) is 13.8. The number of benzene rings is 1. The van der Waals surface area contributed by atoms with Gasteiger partial charge in [0.15, 0.2) is 0 Å². The molecule has 0 aromatic heterocycles. The summed E-state index contributed by atoms with van der Waals surface area (Å²) in [6.45, 7) is 2.12. The molecule has 0 aliphatic carbocycles. The third-order valence-electron chi connectivity index (χ3n) is 3.59. The van der Waals surface area contributed by atoms with Crippen molar-refractivity contribution in [2.75, 3.05) is 19.8 Å². The SMILES string of the molecule is O=C(CCCOCc1ccccc1)CC(=O)OOC1CCCOC1. The average molecular weight is 336 g/mol. The third-order valence-corrected chi connectivity index (χ3v) is 3.59. The maximum atomic E-state index is 11.7. The highest BCUT2D eigenvalue weighted by atomic mass is 17.2. The molecule has 6 nitrogen and oxygen atoms in total. The van der Waals surface area contributed by atoms with Crippen LogP contribution in [0.3, 0.4) is 0 Å². The van der Waals surface area contributed by atoms with Gasteiger partial charge in [-0.2, -0.15) is 4.89 Å². The Morgan fingerprint density at radius 3 is 2.79 bits per heavy atom. The standard InChI is InChI=1S/C18H24O6/c19-16(8-4-10-21-13-15-6-2-1-3-7-15)12-18(20)24-23-17-9-5-11-22-14-17/h1-3,6-7,17H,4-5,8-14H2. The number of carbonyl (C=O) groups excluding carboxylic acids is 2. The van der Waals surface area contributed by atoms with Crippen LogP contribution in [0.4, 0.5) is 0 Å². The van der Waals surface area contributed by atoms with Crippen LogP contribution in [0.1, 0.15) is 37.7 Å². The van der Waals surface area contributed by atoms with E-state index in [1.54, 1.807) is 0 Å². The molecule has 1 heterocycles. The number of Topliss-reactive ketones (excluding diaryl/α,β-unsaturated/α-hetero) is 1. The van der Waals surface area contributed by atoms with E-state index in [4.69, 9.17) is 14.4 Å². The zero-order chi connectivity index (χ0) is 17.0. The monoisotopic (exact) mass is 336 g/mol. The van der Waals surface area contributed by atoms with Crippen molar-refractivity contribution in [2.24, 2.45) is 0 Å². The molecule has 24 heavy (non-hydrogen) atoms. The van der Waals surface area contributed by atoms with E-state index < -0.39 is 5.97 Å². The summed E-state index contributed by atoms with van der Waals surface area (Å²) in [7, 11) is 0. The van der Waals surface area contributed by atoms with Crippen LogP contribution in [0.5, 0.6) is 0 Å². The topological polar surface area (TPSA) is 71.1 Å². The predicted octanol–water partition coefficient (Wildman–Crippen LogP) is 2.60. The van der Waals surface area contributed by atoms with Crippen LogP contribution < -0.4 is 0 Å². The van der Waals surface area contributed by atoms with Gasteiger partial charge in [0, 0.05) is 19.6 Å². The Morgan fingerprint density at radius 2 is 2.04 bits per heavy atom. The predicted molar refractivity (Wildman–Crippen MR) is 86.0 cm³/mol. The molecule has 1 aliphatic rings. The van der Waals surface area contributed by atoms with Crippen LogP contribution >= 0.6 is 0 Å². The van der Waals surface area contributed by atoms with E-state index in [0.29, 0.717) is 32.8 Å². The van der Waals surface area contributed by atoms with Crippen molar-refractivity contribution in [3.05, 3.63) is 35.9 Å². The average Bonchev–Trinajstić information content (AvgIpc) is 2.61. The summed E-state index contributed by atoms with van der Waals surface area (Å²) in [5.41, 5.74) is 1.09. The Morgan fingerprint density at radius 1 is 1.21 bits per heavy atom. The fraction of sp³-hybridized carbons (Fsp3) is 0.556. The van der Waals surface area contributed by atoms with E-state index in [2.05, 4.69) is 4.89 Å².